The zero-order valence-corrected chi connectivity index (χ0v) is 19.2. The number of unbranched alkanes of at least 4 members (excludes halogenated alkanes) is 10. The third-order valence-electron chi connectivity index (χ3n) is 3.71. The predicted molar refractivity (Wildman–Crippen MR) is 97.9 cm³/mol. The fourth-order valence-electron chi connectivity index (χ4n) is 2.44. The Morgan fingerprint density at radius 3 is 1.21 bits per heavy atom. The van der Waals surface area contributed by atoms with Crippen LogP contribution in [0.25, 0.3) is 0 Å². The summed E-state index contributed by atoms with van der Waals surface area (Å²) in [6.07, 6.45) is 17.9. The molecule has 0 aliphatic rings. The van der Waals surface area contributed by atoms with E-state index in [0.29, 0.717) is 0 Å². The summed E-state index contributed by atoms with van der Waals surface area (Å²) in [5.41, 5.74) is 0. The molecule has 19 heavy (non-hydrogen) atoms. The molecule has 0 saturated heterocycles. The molecule has 0 heterocycles. The average Bonchev–Trinajstić information content (AvgIpc) is 2.35. The Hall–Kier alpha value is 1.40. The van der Waals surface area contributed by atoms with Crippen LogP contribution in [-0.4, -0.2) is 0 Å². The van der Waals surface area contributed by atoms with E-state index in [4.69, 9.17) is 0 Å². The first kappa shape index (κ1) is 25.4. The topological polar surface area (TPSA) is 0 Å². The molecule has 0 N–H and O–H groups in total. The van der Waals surface area contributed by atoms with Gasteiger partial charge in [0.25, 0.3) is 0 Å². The van der Waals surface area contributed by atoms with Crippen LogP contribution in [0.5, 0.6) is 0 Å². The van der Waals surface area contributed by atoms with Crippen LogP contribution in [-0.2, 0) is 17.1 Å². The van der Waals surface area contributed by atoms with Gasteiger partial charge in [-0.05, 0) is 0 Å². The zero-order chi connectivity index (χ0) is 12.6. The molecular weight excluding hydrogens is 321 g/mol. The van der Waals surface area contributed by atoms with Crippen LogP contribution >= 0.6 is 23.4 Å². The van der Waals surface area contributed by atoms with Crippen molar-refractivity contribution < 1.29 is 17.1 Å². The maximum Gasteiger partial charge on any atom is -0.153 e. The van der Waals surface area contributed by atoms with Crippen molar-refractivity contribution >= 4 is 23.4 Å². The molecule has 0 amide bonds. The summed E-state index contributed by atoms with van der Waals surface area (Å²) in [7, 11) is 0. The third-order valence-corrected chi connectivity index (χ3v) is 7.90. The van der Waals surface area contributed by atoms with Gasteiger partial charge < -0.3 is 0 Å². The van der Waals surface area contributed by atoms with Crippen molar-refractivity contribution in [1.82, 2.24) is 0 Å². The van der Waals surface area contributed by atoms with Crippen LogP contribution in [0.3, 0.4) is 0 Å². The number of hydrogen-bond acceptors (Lipinski definition) is 0. The van der Waals surface area contributed by atoms with Gasteiger partial charge in [-0.15, -0.1) is 0 Å². The van der Waals surface area contributed by atoms with Gasteiger partial charge in [-0.2, -0.15) is 23.4 Å². The Kier molecular flexibility index (Phi) is 32.6. The Morgan fingerprint density at radius 2 is 0.842 bits per heavy atom. The molecule has 0 aliphatic heterocycles. The van der Waals surface area contributed by atoms with E-state index in [1.54, 1.807) is 22.9 Å². The smallest absolute Gasteiger partial charge is 0.153 e. The van der Waals surface area contributed by atoms with E-state index in [0.717, 1.165) is 0 Å². The van der Waals surface area contributed by atoms with E-state index in [1.165, 1.54) is 64.2 Å². The molecule has 0 aromatic carbocycles. The molecule has 0 saturated carbocycles. The molecule has 0 nitrogen and oxygen atoms in total. The van der Waals surface area contributed by atoms with Crippen molar-refractivity contribution in [2.45, 2.75) is 101 Å². The largest absolute Gasteiger partial charge is 0.197 e. The first-order valence-corrected chi connectivity index (χ1v) is 12.6. The second kappa shape index (κ2) is 24.4. The summed E-state index contributed by atoms with van der Waals surface area (Å²) in [6, 6.07) is 0. The fourth-order valence-corrected chi connectivity index (χ4v) is 6.15. The van der Waals surface area contributed by atoms with Crippen molar-refractivity contribution in [3.05, 3.63) is 0 Å². The minimum absolute atomic E-state index is 0. The maximum atomic E-state index is 2.30. The Morgan fingerprint density at radius 1 is 0.526 bits per heavy atom. The van der Waals surface area contributed by atoms with E-state index in [-0.39, 0.29) is 40.5 Å². The Labute approximate surface area is 141 Å². The molecule has 0 aliphatic carbocycles. The van der Waals surface area contributed by atoms with Gasteiger partial charge in [0.15, 0.2) is 0 Å². The van der Waals surface area contributed by atoms with E-state index in [2.05, 4.69) is 13.8 Å². The summed E-state index contributed by atoms with van der Waals surface area (Å²) in [4.78, 5) is 0. The second-order valence-electron chi connectivity index (χ2n) is 5.60. The van der Waals surface area contributed by atoms with Crippen LogP contribution in [0, 0.1) is 0 Å². The molecular formula is C16H39PSZn. The predicted octanol–water partition coefficient (Wildman–Crippen LogP) is 6.80. The summed E-state index contributed by atoms with van der Waals surface area (Å²) in [5, 5.41) is 3.35. The quantitative estimate of drug-likeness (QED) is 0.182. The molecule has 0 fully saturated rings. The van der Waals surface area contributed by atoms with Crippen molar-refractivity contribution in [1.29, 1.82) is 0 Å². The number of rotatable bonds is 14. The van der Waals surface area contributed by atoms with Crippen LogP contribution in [0.15, 0.2) is 0 Å². The van der Waals surface area contributed by atoms with E-state index < -0.39 is 0 Å². The van der Waals surface area contributed by atoms with Crippen LogP contribution in [0.2, 0.25) is 10.0 Å². The third kappa shape index (κ3) is 24.8. The maximum absolute atomic E-state index is 2.30. The molecule has 3 heteroatoms. The number of hydrogen-bond donors (Lipinski definition) is 0. The average molecular weight is 360 g/mol. The first-order chi connectivity index (χ1) is 8.41. The standard InChI is InChI=1S/2C8H17.H3P.H2S.Zn/c2*1-3-5-7-8-6-4-2;;;/h2*1,3-8H2,2H3;1H3;1H2;. The Balaban J connectivity index is -0.00000128. The molecule has 0 radical (unpaired) electrons. The summed E-state index contributed by atoms with van der Waals surface area (Å²) >= 11 is -0.0720. The van der Waals surface area contributed by atoms with Gasteiger partial charge in [0, 0.05) is 0 Å². The van der Waals surface area contributed by atoms with Crippen molar-refractivity contribution in [2.75, 3.05) is 0 Å². The molecule has 0 bridgehead atoms. The van der Waals surface area contributed by atoms with Gasteiger partial charge in [0.05, 0.1) is 0 Å². The van der Waals surface area contributed by atoms with E-state index in [1.807, 2.05) is 0 Å². The molecule has 0 rings (SSSR count). The molecule has 0 spiro atoms. The van der Waals surface area contributed by atoms with Gasteiger partial charge in [-0.1, -0.05) is 0 Å². The van der Waals surface area contributed by atoms with Gasteiger partial charge in [-0.3, -0.25) is 0 Å². The SMILES string of the molecule is CCCCCCC[CH2][Zn][CH2]CCCCCCC.P.S. The minimum Gasteiger partial charge on any atom is -0.197 e. The summed E-state index contributed by atoms with van der Waals surface area (Å²) in [5.74, 6) is 0. The molecule has 1 unspecified atom stereocenters. The van der Waals surface area contributed by atoms with Crippen molar-refractivity contribution in [3.8, 4) is 0 Å². The van der Waals surface area contributed by atoms with Gasteiger partial charge in [0.1, 0.15) is 0 Å². The molecule has 0 aromatic rings. The minimum atomic E-state index is -0.0720. The summed E-state index contributed by atoms with van der Waals surface area (Å²) < 4.78 is 0. The zero-order valence-electron chi connectivity index (χ0n) is 13.8. The Bertz CT molecular complexity index is 120. The van der Waals surface area contributed by atoms with Crippen LogP contribution in [0.1, 0.15) is 90.9 Å². The molecule has 116 valence electrons. The normalized spacial score (nSPS) is 9.37. The van der Waals surface area contributed by atoms with Crippen LogP contribution in [0.4, 0.5) is 0 Å². The van der Waals surface area contributed by atoms with Gasteiger partial charge in [-0.25, -0.2) is 0 Å². The van der Waals surface area contributed by atoms with E-state index >= 15 is 0 Å². The molecule has 0 aromatic heterocycles. The van der Waals surface area contributed by atoms with Crippen LogP contribution < -0.4 is 0 Å². The first-order valence-electron chi connectivity index (χ1n) is 8.41. The molecule has 1 atom stereocenters. The van der Waals surface area contributed by atoms with Crippen molar-refractivity contribution in [3.63, 3.8) is 0 Å². The summed E-state index contributed by atoms with van der Waals surface area (Å²) in [6.45, 7) is 4.60. The second-order valence-corrected chi connectivity index (χ2v) is 10.0. The van der Waals surface area contributed by atoms with Gasteiger partial charge in [0.2, 0.25) is 0 Å². The van der Waals surface area contributed by atoms with E-state index in [9.17, 15) is 0 Å². The van der Waals surface area contributed by atoms with Crippen molar-refractivity contribution in [2.24, 2.45) is 0 Å². The fraction of sp³-hybridized carbons (Fsp3) is 1.00. The van der Waals surface area contributed by atoms with Gasteiger partial charge >= 0.3 is 118 Å². The monoisotopic (exact) mass is 358 g/mol.